The summed E-state index contributed by atoms with van der Waals surface area (Å²) in [5.41, 5.74) is 1.31. The smallest absolute Gasteiger partial charge is 0.212 e. The Morgan fingerprint density at radius 3 is 2.33 bits per heavy atom. The minimum atomic E-state index is -2.92. The largest absolute Gasteiger partial charge is 0.217 e. The van der Waals surface area contributed by atoms with Crippen LogP contribution in [0.3, 0.4) is 0 Å². The summed E-state index contributed by atoms with van der Waals surface area (Å²) in [6, 6.07) is 0. The van der Waals surface area contributed by atoms with Crippen molar-refractivity contribution in [1.29, 1.82) is 0 Å². The Morgan fingerprint density at radius 2 is 1.93 bits per heavy atom. The lowest BCUT2D eigenvalue weighted by atomic mass is 10.1. The van der Waals surface area contributed by atoms with E-state index >= 15 is 0 Å². The molecular weight excluding hydrogens is 210 g/mol. The molecule has 1 aliphatic heterocycles. The Hall–Kier alpha value is -0.350. The summed E-state index contributed by atoms with van der Waals surface area (Å²) >= 11 is 0. The van der Waals surface area contributed by atoms with Crippen LogP contribution in [0.15, 0.2) is 11.6 Å². The molecule has 0 saturated heterocycles. The molecule has 88 valence electrons. The van der Waals surface area contributed by atoms with E-state index in [2.05, 4.69) is 6.92 Å². The van der Waals surface area contributed by atoms with Crippen LogP contribution in [-0.2, 0) is 10.0 Å². The first kappa shape index (κ1) is 12.7. The molecule has 0 spiro atoms. The molecule has 0 atom stereocenters. The van der Waals surface area contributed by atoms with Gasteiger partial charge < -0.3 is 0 Å². The number of hydrogen-bond donors (Lipinski definition) is 0. The summed E-state index contributed by atoms with van der Waals surface area (Å²) in [5.74, 6) is 0. The van der Waals surface area contributed by atoms with Gasteiger partial charge in [-0.2, -0.15) is 4.31 Å². The average Bonchev–Trinajstić information content (AvgIpc) is 3.05. The summed E-state index contributed by atoms with van der Waals surface area (Å²) in [6.45, 7) is 7.33. The van der Waals surface area contributed by atoms with E-state index in [1.54, 1.807) is 4.31 Å². The Morgan fingerprint density at radius 1 is 1.33 bits per heavy atom. The van der Waals surface area contributed by atoms with Gasteiger partial charge in [-0.1, -0.05) is 25.5 Å². The molecule has 0 N–H and O–H groups in total. The monoisotopic (exact) mass is 231 g/mol. The average molecular weight is 231 g/mol. The maximum atomic E-state index is 11.8. The van der Waals surface area contributed by atoms with Crippen LogP contribution in [0.25, 0.3) is 0 Å². The van der Waals surface area contributed by atoms with E-state index < -0.39 is 10.0 Å². The van der Waals surface area contributed by atoms with Crippen molar-refractivity contribution in [2.45, 2.75) is 45.3 Å². The molecular formula is C11H21NO2S. The van der Waals surface area contributed by atoms with E-state index in [4.69, 9.17) is 0 Å². The minimum absolute atomic E-state index is 0.0562. The van der Waals surface area contributed by atoms with Gasteiger partial charge in [-0.15, -0.1) is 0 Å². The van der Waals surface area contributed by atoms with Crippen LogP contribution in [0.1, 0.15) is 40.0 Å². The zero-order valence-electron chi connectivity index (χ0n) is 9.86. The summed E-state index contributed by atoms with van der Waals surface area (Å²) in [5, 5.41) is -0.0562. The molecule has 4 heteroatoms. The van der Waals surface area contributed by atoms with Crippen LogP contribution < -0.4 is 0 Å². The van der Waals surface area contributed by atoms with Gasteiger partial charge in [-0.3, -0.25) is 0 Å². The molecule has 2 rings (SSSR count). The lowest BCUT2D eigenvalue weighted by Crippen LogP contribution is -2.36. The Kier molecular flexibility index (Phi) is 4.34. The van der Waals surface area contributed by atoms with Gasteiger partial charge in [0.05, 0.1) is 5.25 Å². The van der Waals surface area contributed by atoms with Crippen molar-refractivity contribution in [2.24, 2.45) is 0 Å². The van der Waals surface area contributed by atoms with Gasteiger partial charge in [0.25, 0.3) is 0 Å². The van der Waals surface area contributed by atoms with Crippen LogP contribution >= 0.6 is 0 Å². The highest BCUT2D eigenvalue weighted by atomic mass is 32.2. The lowest BCUT2D eigenvalue weighted by molar-refractivity contribution is 0.430. The third-order valence-corrected chi connectivity index (χ3v) is 5.07. The molecule has 2 aliphatic rings. The molecule has 0 aromatic rings. The minimum Gasteiger partial charge on any atom is -0.212 e. The first-order valence-electron chi connectivity index (χ1n) is 5.75. The highest BCUT2D eigenvalue weighted by Gasteiger charge is 2.39. The molecule has 0 bridgehead atoms. The van der Waals surface area contributed by atoms with Gasteiger partial charge in [-0.05, 0) is 26.2 Å². The normalized spacial score (nSPS) is 22.7. The maximum Gasteiger partial charge on any atom is 0.217 e. The summed E-state index contributed by atoms with van der Waals surface area (Å²) in [6.07, 6.45) is 4.64. The van der Waals surface area contributed by atoms with Crippen molar-refractivity contribution in [3.63, 3.8) is 0 Å². The second kappa shape index (κ2) is 5.12. The van der Waals surface area contributed by atoms with Crippen LogP contribution in [0.5, 0.6) is 0 Å². The van der Waals surface area contributed by atoms with Crippen LogP contribution in [0, 0.1) is 0 Å². The number of rotatable bonds is 2. The molecule has 1 aliphatic carbocycles. The molecule has 3 nitrogen and oxygen atoms in total. The summed E-state index contributed by atoms with van der Waals surface area (Å²) in [4.78, 5) is 0. The van der Waals surface area contributed by atoms with Gasteiger partial charge in [0.2, 0.25) is 10.0 Å². The third kappa shape index (κ3) is 3.05. The zero-order chi connectivity index (χ0) is 11.5. The lowest BCUT2D eigenvalue weighted by Gasteiger charge is -2.24. The summed E-state index contributed by atoms with van der Waals surface area (Å²) in [7, 11) is -2.92. The van der Waals surface area contributed by atoms with E-state index in [0.29, 0.717) is 13.1 Å². The molecule has 0 radical (unpaired) electrons. The quantitative estimate of drug-likeness (QED) is 0.683. The summed E-state index contributed by atoms with van der Waals surface area (Å²) < 4.78 is 25.1. The molecule has 0 aromatic carbocycles. The Labute approximate surface area is 93.2 Å². The number of sulfonamides is 1. The second-order valence-electron chi connectivity index (χ2n) is 3.90. The topological polar surface area (TPSA) is 37.4 Å². The standard InChI is InChI=1S/C9H15NO2S.C2H6/c1-8-4-6-10(7-5-8)13(11,12)9-2-3-9;1-2/h4,9H,2-3,5-7H2,1H3;1-2H3. The van der Waals surface area contributed by atoms with Crippen molar-refractivity contribution < 1.29 is 8.42 Å². The van der Waals surface area contributed by atoms with Crippen molar-refractivity contribution in [2.75, 3.05) is 13.1 Å². The van der Waals surface area contributed by atoms with Crippen molar-refractivity contribution in [1.82, 2.24) is 4.31 Å². The molecule has 1 fully saturated rings. The van der Waals surface area contributed by atoms with Crippen LogP contribution in [-0.4, -0.2) is 31.1 Å². The maximum absolute atomic E-state index is 11.8. The van der Waals surface area contributed by atoms with Gasteiger partial charge >= 0.3 is 0 Å². The van der Waals surface area contributed by atoms with Gasteiger partial charge in [0.1, 0.15) is 0 Å². The van der Waals surface area contributed by atoms with Crippen molar-refractivity contribution >= 4 is 10.0 Å². The molecule has 0 unspecified atom stereocenters. The first-order chi connectivity index (χ1) is 7.10. The third-order valence-electron chi connectivity index (χ3n) is 2.70. The molecule has 1 heterocycles. The van der Waals surface area contributed by atoms with E-state index in [9.17, 15) is 8.42 Å². The predicted octanol–water partition coefficient (Wildman–Crippen LogP) is 2.16. The van der Waals surface area contributed by atoms with E-state index in [0.717, 1.165) is 19.3 Å². The fourth-order valence-electron chi connectivity index (χ4n) is 1.56. The predicted molar refractivity (Wildman–Crippen MR) is 63.2 cm³/mol. The number of nitrogens with zero attached hydrogens (tertiary/aromatic N) is 1. The van der Waals surface area contributed by atoms with Crippen molar-refractivity contribution in [3.05, 3.63) is 11.6 Å². The molecule has 0 amide bonds. The first-order valence-corrected chi connectivity index (χ1v) is 7.25. The highest BCUT2D eigenvalue weighted by Crippen LogP contribution is 2.31. The van der Waals surface area contributed by atoms with Gasteiger partial charge in [0.15, 0.2) is 0 Å². The molecule has 15 heavy (non-hydrogen) atoms. The van der Waals surface area contributed by atoms with E-state index in [-0.39, 0.29) is 5.25 Å². The van der Waals surface area contributed by atoms with E-state index in [1.807, 2.05) is 19.9 Å². The highest BCUT2D eigenvalue weighted by molar-refractivity contribution is 7.90. The molecule has 1 saturated carbocycles. The number of hydrogen-bond acceptors (Lipinski definition) is 2. The van der Waals surface area contributed by atoms with E-state index in [1.165, 1.54) is 5.57 Å². The Balaban J connectivity index is 0.000000531. The fraction of sp³-hybridized carbons (Fsp3) is 0.818. The fourth-order valence-corrected chi connectivity index (χ4v) is 3.34. The Bertz CT molecular complexity index is 328. The second-order valence-corrected chi connectivity index (χ2v) is 6.12. The van der Waals surface area contributed by atoms with Crippen LogP contribution in [0.2, 0.25) is 0 Å². The van der Waals surface area contributed by atoms with Crippen molar-refractivity contribution in [3.8, 4) is 0 Å². The molecule has 0 aromatic heterocycles. The van der Waals surface area contributed by atoms with Gasteiger partial charge in [0, 0.05) is 13.1 Å². The zero-order valence-corrected chi connectivity index (χ0v) is 10.7. The van der Waals surface area contributed by atoms with Crippen LogP contribution in [0.4, 0.5) is 0 Å². The van der Waals surface area contributed by atoms with Gasteiger partial charge in [-0.25, -0.2) is 8.42 Å². The SMILES string of the molecule is CC.CC1=CCN(S(=O)(=O)C2CC2)CC1.